The molecule has 1 aromatic heterocycles. The summed E-state index contributed by atoms with van der Waals surface area (Å²) in [7, 11) is 0. The van der Waals surface area contributed by atoms with Crippen LogP contribution in [0.5, 0.6) is 0 Å². The second-order valence-corrected chi connectivity index (χ2v) is 6.25. The average molecular weight is 333 g/mol. The fourth-order valence-corrected chi connectivity index (χ4v) is 2.87. The molecule has 0 bridgehead atoms. The number of aryl methyl sites for hydroxylation is 1. The lowest BCUT2D eigenvalue weighted by Crippen LogP contribution is -2.48. The number of hydrogen-bond donors (Lipinski definition) is 3. The molecule has 1 fully saturated rings. The number of imidazole rings is 1. The van der Waals surface area contributed by atoms with Crippen molar-refractivity contribution in [3.05, 3.63) is 40.7 Å². The SMILES string of the molecule is Cc1[nH]c(-c2cccc(Cl)c2)nc1C(=O)NC1CC(C(N)=O)C1. The normalized spacial score (nSPS) is 19.9. The molecular formula is C16H17ClN4O2. The van der Waals surface area contributed by atoms with Crippen LogP contribution in [0.4, 0.5) is 0 Å². The van der Waals surface area contributed by atoms with E-state index in [1.54, 1.807) is 19.1 Å². The van der Waals surface area contributed by atoms with E-state index in [0.717, 1.165) is 5.56 Å². The number of primary amides is 1. The summed E-state index contributed by atoms with van der Waals surface area (Å²) in [5.41, 5.74) is 7.08. The molecule has 6 nitrogen and oxygen atoms in total. The van der Waals surface area contributed by atoms with E-state index in [9.17, 15) is 9.59 Å². The minimum absolute atomic E-state index is 0.0225. The van der Waals surface area contributed by atoms with Crippen molar-refractivity contribution in [1.82, 2.24) is 15.3 Å². The molecule has 7 heteroatoms. The molecule has 0 spiro atoms. The molecule has 0 unspecified atom stereocenters. The van der Waals surface area contributed by atoms with E-state index in [4.69, 9.17) is 17.3 Å². The van der Waals surface area contributed by atoms with Gasteiger partial charge in [-0.15, -0.1) is 0 Å². The molecule has 1 saturated carbocycles. The first-order chi connectivity index (χ1) is 10.9. The van der Waals surface area contributed by atoms with Crippen molar-refractivity contribution in [1.29, 1.82) is 0 Å². The molecular weight excluding hydrogens is 316 g/mol. The summed E-state index contributed by atoms with van der Waals surface area (Å²) in [5, 5.41) is 3.49. The summed E-state index contributed by atoms with van der Waals surface area (Å²) >= 11 is 5.98. The van der Waals surface area contributed by atoms with Crippen molar-refractivity contribution < 1.29 is 9.59 Å². The standard InChI is InChI=1S/C16H17ClN4O2/c1-8-13(16(23)20-12-6-10(7-12)14(18)22)21-15(19-8)9-3-2-4-11(17)5-9/h2-5,10,12H,6-7H2,1H3,(H2,18,22)(H,19,21)(H,20,23). The van der Waals surface area contributed by atoms with Gasteiger partial charge in [-0.25, -0.2) is 4.98 Å². The molecule has 4 N–H and O–H groups in total. The zero-order valence-electron chi connectivity index (χ0n) is 12.6. The number of benzene rings is 1. The van der Waals surface area contributed by atoms with Gasteiger partial charge in [0.05, 0.1) is 0 Å². The molecule has 120 valence electrons. The summed E-state index contributed by atoms with van der Waals surface area (Å²) < 4.78 is 0. The number of H-pyrrole nitrogens is 1. The maximum Gasteiger partial charge on any atom is 0.271 e. The molecule has 0 saturated heterocycles. The first kappa shape index (κ1) is 15.6. The Morgan fingerprint density at radius 3 is 2.78 bits per heavy atom. The van der Waals surface area contributed by atoms with Crippen LogP contribution in [-0.4, -0.2) is 27.8 Å². The Bertz CT molecular complexity index is 765. The van der Waals surface area contributed by atoms with Gasteiger partial charge in [-0.1, -0.05) is 23.7 Å². The van der Waals surface area contributed by atoms with Gasteiger partial charge in [0, 0.05) is 28.2 Å². The number of nitrogens with one attached hydrogen (secondary N) is 2. The van der Waals surface area contributed by atoms with Crippen molar-refractivity contribution in [2.45, 2.75) is 25.8 Å². The third kappa shape index (κ3) is 3.22. The van der Waals surface area contributed by atoms with E-state index < -0.39 is 0 Å². The van der Waals surface area contributed by atoms with E-state index in [-0.39, 0.29) is 23.8 Å². The molecule has 0 aliphatic heterocycles. The summed E-state index contributed by atoms with van der Waals surface area (Å²) in [6.07, 6.45) is 1.18. The highest BCUT2D eigenvalue weighted by molar-refractivity contribution is 6.30. The first-order valence-corrected chi connectivity index (χ1v) is 7.74. The molecule has 1 aliphatic carbocycles. The molecule has 1 aliphatic rings. The smallest absolute Gasteiger partial charge is 0.271 e. The molecule has 1 heterocycles. The molecule has 0 radical (unpaired) electrons. The molecule has 3 rings (SSSR count). The Balaban J connectivity index is 1.71. The van der Waals surface area contributed by atoms with Gasteiger partial charge in [-0.05, 0) is 31.9 Å². The Kier molecular flexibility index (Phi) is 4.09. The number of carbonyl (C=O) groups excluding carboxylic acids is 2. The lowest BCUT2D eigenvalue weighted by molar-refractivity contribution is -0.124. The number of aromatic nitrogens is 2. The van der Waals surface area contributed by atoms with E-state index in [1.807, 2.05) is 12.1 Å². The topological polar surface area (TPSA) is 101 Å². The summed E-state index contributed by atoms with van der Waals surface area (Å²) in [6, 6.07) is 7.24. The van der Waals surface area contributed by atoms with Crippen molar-refractivity contribution in [3.63, 3.8) is 0 Å². The highest BCUT2D eigenvalue weighted by Gasteiger charge is 2.34. The predicted molar refractivity (Wildman–Crippen MR) is 86.9 cm³/mol. The number of carbonyl (C=O) groups is 2. The van der Waals surface area contributed by atoms with E-state index in [1.165, 1.54) is 0 Å². The van der Waals surface area contributed by atoms with E-state index in [2.05, 4.69) is 15.3 Å². The van der Waals surface area contributed by atoms with E-state index >= 15 is 0 Å². The van der Waals surface area contributed by atoms with Crippen LogP contribution in [0.2, 0.25) is 5.02 Å². The summed E-state index contributed by atoms with van der Waals surface area (Å²) in [5.74, 6) is -0.101. The van der Waals surface area contributed by atoms with Crippen molar-refractivity contribution in [2.75, 3.05) is 0 Å². The summed E-state index contributed by atoms with van der Waals surface area (Å²) in [6.45, 7) is 1.79. The first-order valence-electron chi connectivity index (χ1n) is 7.36. The molecule has 2 aromatic rings. The number of nitrogens with zero attached hydrogens (tertiary/aromatic N) is 1. The van der Waals surface area contributed by atoms with Crippen LogP contribution in [0.3, 0.4) is 0 Å². The lowest BCUT2D eigenvalue weighted by atomic mass is 9.80. The largest absolute Gasteiger partial charge is 0.369 e. The van der Waals surface area contributed by atoms with Gasteiger partial charge in [0.1, 0.15) is 11.5 Å². The molecule has 2 amide bonds. The van der Waals surface area contributed by atoms with Crippen LogP contribution >= 0.6 is 11.6 Å². The van der Waals surface area contributed by atoms with Gasteiger partial charge in [0.2, 0.25) is 5.91 Å². The minimum atomic E-state index is -0.310. The molecule has 0 atom stereocenters. The lowest BCUT2D eigenvalue weighted by Gasteiger charge is -2.33. The monoisotopic (exact) mass is 332 g/mol. The number of halogens is 1. The maximum absolute atomic E-state index is 12.3. The number of nitrogens with two attached hydrogens (primary N) is 1. The third-order valence-corrected chi connectivity index (χ3v) is 4.31. The minimum Gasteiger partial charge on any atom is -0.369 e. The van der Waals surface area contributed by atoms with Crippen molar-refractivity contribution >= 4 is 23.4 Å². The van der Waals surface area contributed by atoms with Crippen LogP contribution in [0.15, 0.2) is 24.3 Å². The maximum atomic E-state index is 12.3. The third-order valence-electron chi connectivity index (χ3n) is 4.07. The van der Waals surface area contributed by atoms with Crippen LogP contribution in [-0.2, 0) is 4.79 Å². The second kappa shape index (κ2) is 6.04. The summed E-state index contributed by atoms with van der Waals surface area (Å²) in [4.78, 5) is 30.8. The van der Waals surface area contributed by atoms with Crippen molar-refractivity contribution in [3.8, 4) is 11.4 Å². The molecule has 23 heavy (non-hydrogen) atoms. The van der Waals surface area contributed by atoms with Gasteiger partial charge in [-0.2, -0.15) is 0 Å². The Hall–Kier alpha value is -2.34. The fraction of sp³-hybridized carbons (Fsp3) is 0.312. The zero-order chi connectivity index (χ0) is 16.6. The van der Waals surface area contributed by atoms with Crippen LogP contribution in [0, 0.1) is 12.8 Å². The van der Waals surface area contributed by atoms with Gasteiger partial charge >= 0.3 is 0 Å². The predicted octanol–water partition coefficient (Wildman–Crippen LogP) is 2.03. The van der Waals surface area contributed by atoms with Gasteiger partial charge in [-0.3, -0.25) is 9.59 Å². The number of amides is 2. The number of hydrogen-bond acceptors (Lipinski definition) is 3. The highest BCUT2D eigenvalue weighted by Crippen LogP contribution is 2.27. The van der Waals surface area contributed by atoms with Gasteiger partial charge in [0.15, 0.2) is 0 Å². The van der Waals surface area contributed by atoms with Gasteiger partial charge < -0.3 is 16.0 Å². The average Bonchev–Trinajstić information content (AvgIpc) is 2.84. The number of rotatable bonds is 4. The van der Waals surface area contributed by atoms with Crippen LogP contribution in [0.25, 0.3) is 11.4 Å². The molecule has 1 aromatic carbocycles. The van der Waals surface area contributed by atoms with Crippen LogP contribution in [0.1, 0.15) is 29.0 Å². The number of aromatic amines is 1. The Labute approximate surface area is 138 Å². The van der Waals surface area contributed by atoms with E-state index in [0.29, 0.717) is 35.1 Å². The highest BCUT2D eigenvalue weighted by atomic mass is 35.5. The zero-order valence-corrected chi connectivity index (χ0v) is 13.4. The van der Waals surface area contributed by atoms with Crippen molar-refractivity contribution in [2.24, 2.45) is 11.7 Å². The quantitative estimate of drug-likeness (QED) is 0.798. The Morgan fingerprint density at radius 1 is 1.39 bits per heavy atom. The van der Waals surface area contributed by atoms with Crippen LogP contribution < -0.4 is 11.1 Å². The second-order valence-electron chi connectivity index (χ2n) is 5.81. The fourth-order valence-electron chi connectivity index (χ4n) is 2.68. The van der Waals surface area contributed by atoms with Gasteiger partial charge in [0.25, 0.3) is 5.91 Å². The Morgan fingerprint density at radius 2 is 2.13 bits per heavy atom.